The minimum Gasteiger partial charge on any atom is -0.477 e. The number of amides is 4. The number of hydrogen-bond acceptors (Lipinski definition) is 10. The van der Waals surface area contributed by atoms with Gasteiger partial charge in [0, 0.05) is 26.2 Å². The maximum absolute atomic E-state index is 12.8. The SMILES string of the molecule is C[C@H]1CN2CC(C(=O)NCCc3ccccc3)=C(C(=O)OC(C)(C)C)N2C1=O.N[C@H]1CN2CC(C(=O)NCCc3ccccc3)=C(C(=O)O)N2C1=O. The summed E-state index contributed by atoms with van der Waals surface area (Å²) in [5.41, 5.74) is 7.21. The van der Waals surface area contributed by atoms with Crippen molar-refractivity contribution >= 4 is 35.6 Å². The number of hydrazine groups is 2. The van der Waals surface area contributed by atoms with E-state index >= 15 is 0 Å². The predicted octanol–water partition coefficient (Wildman–Crippen LogP) is 0.734. The summed E-state index contributed by atoms with van der Waals surface area (Å²) in [4.78, 5) is 74.0. The van der Waals surface area contributed by atoms with Crippen LogP contribution in [-0.4, -0.2) is 112 Å². The zero-order chi connectivity index (χ0) is 37.7. The molecule has 5 N–H and O–H groups in total. The van der Waals surface area contributed by atoms with Crippen LogP contribution in [0.4, 0.5) is 0 Å². The Morgan fingerprint density at radius 1 is 0.769 bits per heavy atom. The highest BCUT2D eigenvalue weighted by atomic mass is 16.6. The Morgan fingerprint density at radius 2 is 1.23 bits per heavy atom. The number of hydrogen-bond donors (Lipinski definition) is 4. The van der Waals surface area contributed by atoms with Crippen LogP contribution in [0.15, 0.2) is 83.2 Å². The van der Waals surface area contributed by atoms with Crippen molar-refractivity contribution in [1.29, 1.82) is 0 Å². The third-order valence-corrected chi connectivity index (χ3v) is 8.72. The van der Waals surface area contributed by atoms with Crippen LogP contribution < -0.4 is 16.4 Å². The molecule has 4 aliphatic heterocycles. The Bertz CT molecular complexity index is 1790. The lowest BCUT2D eigenvalue weighted by Gasteiger charge is -2.24. The third-order valence-electron chi connectivity index (χ3n) is 8.72. The molecule has 15 heteroatoms. The molecule has 0 spiro atoms. The monoisotopic (exact) mass is 715 g/mol. The lowest BCUT2D eigenvalue weighted by molar-refractivity contribution is -0.156. The molecule has 4 amide bonds. The van der Waals surface area contributed by atoms with Crippen LogP contribution in [0.3, 0.4) is 0 Å². The van der Waals surface area contributed by atoms with Crippen molar-refractivity contribution in [3.63, 3.8) is 0 Å². The minimum absolute atomic E-state index is 0.0430. The molecule has 0 saturated carbocycles. The molecule has 0 aromatic heterocycles. The fraction of sp³-hybridized carbons (Fsp3) is 0.405. The highest BCUT2D eigenvalue weighted by molar-refractivity contribution is 6.07. The second-order valence-electron chi connectivity index (χ2n) is 13.9. The summed E-state index contributed by atoms with van der Waals surface area (Å²) in [5, 5.41) is 20.5. The van der Waals surface area contributed by atoms with E-state index in [2.05, 4.69) is 10.6 Å². The van der Waals surface area contributed by atoms with E-state index in [1.165, 1.54) is 10.0 Å². The molecule has 276 valence electrons. The van der Waals surface area contributed by atoms with Gasteiger partial charge in [0.05, 0.1) is 30.2 Å². The molecule has 2 aromatic carbocycles. The van der Waals surface area contributed by atoms with E-state index in [0.717, 1.165) is 16.1 Å². The van der Waals surface area contributed by atoms with Gasteiger partial charge in [0.15, 0.2) is 11.4 Å². The number of carbonyl (C=O) groups excluding carboxylic acids is 5. The summed E-state index contributed by atoms with van der Waals surface area (Å²) >= 11 is 0. The second kappa shape index (κ2) is 15.9. The van der Waals surface area contributed by atoms with E-state index in [1.807, 2.05) is 67.6 Å². The molecule has 4 heterocycles. The summed E-state index contributed by atoms with van der Waals surface area (Å²) in [5.74, 6) is -3.68. The summed E-state index contributed by atoms with van der Waals surface area (Å²) < 4.78 is 5.47. The predicted molar refractivity (Wildman–Crippen MR) is 188 cm³/mol. The van der Waals surface area contributed by atoms with Gasteiger partial charge in [-0.1, -0.05) is 67.6 Å². The number of rotatable bonds is 10. The number of aliphatic carboxylic acids is 1. The lowest BCUT2D eigenvalue weighted by Crippen LogP contribution is -2.38. The van der Waals surface area contributed by atoms with Crippen LogP contribution in [-0.2, 0) is 46.3 Å². The number of fused-ring (bicyclic) bond motifs is 2. The molecule has 2 aromatic rings. The molecular formula is C37H45N7O8. The van der Waals surface area contributed by atoms with Gasteiger partial charge in [0.25, 0.3) is 17.7 Å². The van der Waals surface area contributed by atoms with E-state index < -0.39 is 35.4 Å². The zero-order valence-corrected chi connectivity index (χ0v) is 29.8. The molecule has 52 heavy (non-hydrogen) atoms. The lowest BCUT2D eigenvalue weighted by atomic mass is 10.1. The van der Waals surface area contributed by atoms with Crippen molar-refractivity contribution in [2.24, 2.45) is 11.7 Å². The zero-order valence-electron chi connectivity index (χ0n) is 29.8. The normalized spacial score (nSPS) is 20.1. The average molecular weight is 716 g/mol. The number of benzene rings is 2. The summed E-state index contributed by atoms with van der Waals surface area (Å²) in [7, 11) is 0. The summed E-state index contributed by atoms with van der Waals surface area (Å²) in [6.07, 6.45) is 1.32. The molecule has 2 atom stereocenters. The molecule has 0 radical (unpaired) electrons. The Labute approximate surface area is 302 Å². The fourth-order valence-corrected chi connectivity index (χ4v) is 6.31. The van der Waals surface area contributed by atoms with Crippen LogP contribution in [0.1, 0.15) is 38.8 Å². The second-order valence-corrected chi connectivity index (χ2v) is 13.9. The quantitative estimate of drug-likeness (QED) is 0.254. The fourth-order valence-electron chi connectivity index (χ4n) is 6.31. The molecule has 0 bridgehead atoms. The summed E-state index contributed by atoms with van der Waals surface area (Å²) in [6.45, 7) is 8.88. The largest absolute Gasteiger partial charge is 0.477 e. The van der Waals surface area contributed by atoms with Crippen molar-refractivity contribution in [2.75, 3.05) is 39.3 Å². The molecule has 2 saturated heterocycles. The molecular weight excluding hydrogens is 670 g/mol. The molecule has 2 fully saturated rings. The minimum atomic E-state index is -1.31. The Kier molecular flexibility index (Phi) is 11.6. The van der Waals surface area contributed by atoms with Gasteiger partial charge >= 0.3 is 11.9 Å². The smallest absolute Gasteiger partial charge is 0.357 e. The van der Waals surface area contributed by atoms with E-state index in [0.29, 0.717) is 32.5 Å². The number of nitrogens with zero attached hydrogens (tertiary/aromatic N) is 4. The van der Waals surface area contributed by atoms with Gasteiger partial charge in [-0.15, -0.1) is 0 Å². The van der Waals surface area contributed by atoms with Crippen LogP contribution >= 0.6 is 0 Å². The maximum atomic E-state index is 12.8. The van der Waals surface area contributed by atoms with Gasteiger partial charge in [-0.05, 0) is 44.7 Å². The van der Waals surface area contributed by atoms with E-state index in [-0.39, 0.29) is 59.9 Å². The first-order valence-corrected chi connectivity index (χ1v) is 17.2. The first-order chi connectivity index (χ1) is 24.7. The number of carboxylic acid groups (broad SMARTS) is 1. The molecule has 0 aliphatic carbocycles. The van der Waals surface area contributed by atoms with E-state index in [9.17, 15) is 33.9 Å². The highest BCUT2D eigenvalue weighted by Crippen LogP contribution is 2.33. The standard InChI is InChI=1S/C21H27N3O4.C16H18N4O4/c1-14-12-23-13-16(18(25)22-11-10-15-8-6-5-7-9-15)17(24(23)19(14)26)20(27)28-21(2,3)4;17-12-9-19-8-11(13(16(23)24)20(19)15(12)22)14(21)18-7-6-10-4-2-1-3-5-10/h5-9,14H,10-13H2,1-4H3,(H,22,25);1-5,12H,6-9,17H2,(H,18,21)(H,23,24)/t14-;12-/m00/s1. The molecule has 6 rings (SSSR count). The summed E-state index contributed by atoms with van der Waals surface area (Å²) in [6, 6.07) is 18.7. The van der Waals surface area contributed by atoms with Gasteiger partial charge in [-0.25, -0.2) is 29.6 Å². The van der Waals surface area contributed by atoms with Crippen molar-refractivity contribution in [3.8, 4) is 0 Å². The Hall–Kier alpha value is -5.38. The van der Waals surface area contributed by atoms with Crippen molar-refractivity contribution < 1.29 is 38.6 Å². The Balaban J connectivity index is 0.000000203. The van der Waals surface area contributed by atoms with Gasteiger partial charge in [0.1, 0.15) is 11.6 Å². The number of nitrogens with one attached hydrogen (secondary N) is 2. The third kappa shape index (κ3) is 8.55. The number of carbonyl (C=O) groups is 6. The first-order valence-electron chi connectivity index (χ1n) is 17.2. The first kappa shape index (κ1) is 37.9. The van der Waals surface area contributed by atoms with Gasteiger partial charge in [-0.2, -0.15) is 0 Å². The van der Waals surface area contributed by atoms with Crippen LogP contribution in [0.2, 0.25) is 0 Å². The topological polar surface area (TPSA) is 195 Å². The van der Waals surface area contributed by atoms with Crippen LogP contribution in [0, 0.1) is 5.92 Å². The number of esters is 1. The van der Waals surface area contributed by atoms with Gasteiger partial charge < -0.3 is 26.2 Å². The highest BCUT2D eigenvalue weighted by Gasteiger charge is 2.49. The molecule has 4 aliphatic rings. The van der Waals surface area contributed by atoms with E-state index in [4.69, 9.17) is 10.5 Å². The average Bonchev–Trinajstić information content (AvgIpc) is 3.81. The van der Waals surface area contributed by atoms with Crippen LogP contribution in [0.5, 0.6) is 0 Å². The van der Waals surface area contributed by atoms with Gasteiger partial charge in [0.2, 0.25) is 5.91 Å². The number of nitrogens with two attached hydrogens (primary N) is 1. The van der Waals surface area contributed by atoms with Gasteiger partial charge in [-0.3, -0.25) is 19.2 Å². The van der Waals surface area contributed by atoms with Crippen molar-refractivity contribution in [3.05, 3.63) is 94.3 Å². The van der Waals surface area contributed by atoms with E-state index in [1.54, 1.807) is 25.8 Å². The maximum Gasteiger partial charge on any atom is 0.357 e. The van der Waals surface area contributed by atoms with Crippen LogP contribution in [0.25, 0.3) is 0 Å². The number of ether oxygens (including phenoxy) is 1. The van der Waals surface area contributed by atoms with Crippen molar-refractivity contribution in [2.45, 2.75) is 52.2 Å². The number of carboxylic acids is 1. The molecule has 0 unspecified atom stereocenters. The Morgan fingerprint density at radius 3 is 1.71 bits per heavy atom. The molecule has 15 nitrogen and oxygen atoms in total. The van der Waals surface area contributed by atoms with Crippen molar-refractivity contribution in [1.82, 2.24) is 30.7 Å².